The summed E-state index contributed by atoms with van der Waals surface area (Å²) < 4.78 is 0. The SMILES string of the molecule is CC1=C(c2ccccc2)c2cc(C(=O)c3ccccc3C(=O)O)ccc2C(C)(C)C1. The Balaban J connectivity index is 1.89. The van der Waals surface area contributed by atoms with Crippen LogP contribution >= 0.6 is 0 Å². The first-order valence-electron chi connectivity index (χ1n) is 10.1. The molecule has 1 aliphatic rings. The Morgan fingerprint density at radius 2 is 1.50 bits per heavy atom. The third-order valence-corrected chi connectivity index (χ3v) is 5.88. The van der Waals surface area contributed by atoms with E-state index in [1.165, 1.54) is 17.2 Å². The zero-order valence-corrected chi connectivity index (χ0v) is 17.4. The van der Waals surface area contributed by atoms with Gasteiger partial charge in [0.05, 0.1) is 5.56 Å². The molecule has 0 fully saturated rings. The highest BCUT2D eigenvalue weighted by Crippen LogP contribution is 2.45. The molecular formula is C27H24O3. The van der Waals surface area contributed by atoms with E-state index in [0.29, 0.717) is 5.56 Å². The summed E-state index contributed by atoms with van der Waals surface area (Å²) >= 11 is 0. The van der Waals surface area contributed by atoms with Crippen molar-refractivity contribution in [2.24, 2.45) is 0 Å². The molecule has 0 amide bonds. The van der Waals surface area contributed by atoms with Gasteiger partial charge in [0.15, 0.2) is 5.78 Å². The third kappa shape index (κ3) is 3.37. The largest absolute Gasteiger partial charge is 0.478 e. The minimum atomic E-state index is -1.10. The number of hydrogen-bond acceptors (Lipinski definition) is 2. The molecule has 1 aliphatic carbocycles. The second-order valence-electron chi connectivity index (χ2n) is 8.52. The highest BCUT2D eigenvalue weighted by atomic mass is 16.4. The van der Waals surface area contributed by atoms with E-state index in [4.69, 9.17) is 0 Å². The Bertz CT molecular complexity index is 1180. The van der Waals surface area contributed by atoms with E-state index >= 15 is 0 Å². The average Bonchev–Trinajstić information content (AvgIpc) is 2.73. The molecule has 1 N–H and O–H groups in total. The summed E-state index contributed by atoms with van der Waals surface area (Å²) in [6, 6.07) is 22.4. The first-order chi connectivity index (χ1) is 14.3. The van der Waals surface area contributed by atoms with Crippen LogP contribution in [0.15, 0.2) is 78.4 Å². The lowest BCUT2D eigenvalue weighted by atomic mass is 9.69. The number of aromatic carboxylic acids is 1. The Morgan fingerprint density at radius 3 is 2.17 bits per heavy atom. The van der Waals surface area contributed by atoms with E-state index in [9.17, 15) is 14.7 Å². The Labute approximate surface area is 176 Å². The fourth-order valence-corrected chi connectivity index (χ4v) is 4.59. The summed E-state index contributed by atoms with van der Waals surface area (Å²) in [7, 11) is 0. The number of carbonyl (C=O) groups is 2. The maximum Gasteiger partial charge on any atom is 0.336 e. The van der Waals surface area contributed by atoms with Crippen LogP contribution < -0.4 is 0 Å². The zero-order chi connectivity index (χ0) is 21.5. The molecule has 3 aromatic carbocycles. The van der Waals surface area contributed by atoms with Gasteiger partial charge in [-0.3, -0.25) is 4.79 Å². The van der Waals surface area contributed by atoms with Crippen molar-refractivity contribution in [3.63, 3.8) is 0 Å². The Kier molecular flexibility index (Phi) is 4.90. The maximum atomic E-state index is 13.3. The summed E-state index contributed by atoms with van der Waals surface area (Å²) in [6.07, 6.45) is 0.944. The zero-order valence-electron chi connectivity index (χ0n) is 17.4. The predicted molar refractivity (Wildman–Crippen MR) is 119 cm³/mol. The molecule has 3 aromatic rings. The molecule has 3 heteroatoms. The average molecular weight is 396 g/mol. The molecule has 0 bridgehead atoms. The van der Waals surface area contributed by atoms with Gasteiger partial charge in [0.2, 0.25) is 0 Å². The van der Waals surface area contributed by atoms with E-state index in [1.807, 2.05) is 36.4 Å². The van der Waals surface area contributed by atoms with Gasteiger partial charge in [0.25, 0.3) is 0 Å². The quantitative estimate of drug-likeness (QED) is 0.541. The minimum absolute atomic E-state index is 0.0237. The fourth-order valence-electron chi connectivity index (χ4n) is 4.59. The van der Waals surface area contributed by atoms with Gasteiger partial charge in [0, 0.05) is 11.1 Å². The Morgan fingerprint density at radius 1 is 0.867 bits per heavy atom. The Hall–Kier alpha value is -3.46. The lowest BCUT2D eigenvalue weighted by molar-refractivity contribution is 0.0693. The molecule has 0 spiro atoms. The molecule has 0 atom stereocenters. The monoisotopic (exact) mass is 396 g/mol. The van der Waals surface area contributed by atoms with E-state index < -0.39 is 5.97 Å². The number of carboxylic acid groups (broad SMARTS) is 1. The molecule has 4 rings (SSSR count). The smallest absolute Gasteiger partial charge is 0.336 e. The van der Waals surface area contributed by atoms with Crippen LogP contribution in [0.1, 0.15) is 70.2 Å². The topological polar surface area (TPSA) is 54.4 Å². The number of allylic oxidation sites excluding steroid dienone is 1. The van der Waals surface area contributed by atoms with Crippen molar-refractivity contribution in [3.05, 3.63) is 112 Å². The van der Waals surface area contributed by atoms with Gasteiger partial charge in [-0.1, -0.05) is 80.1 Å². The molecule has 0 aromatic heterocycles. The van der Waals surface area contributed by atoms with Gasteiger partial charge in [-0.05, 0) is 53.2 Å². The van der Waals surface area contributed by atoms with E-state index in [1.54, 1.807) is 18.2 Å². The van der Waals surface area contributed by atoms with E-state index in [0.717, 1.165) is 23.1 Å². The van der Waals surface area contributed by atoms with Crippen molar-refractivity contribution < 1.29 is 14.7 Å². The van der Waals surface area contributed by atoms with Crippen LogP contribution in [0.4, 0.5) is 0 Å². The van der Waals surface area contributed by atoms with Gasteiger partial charge in [-0.15, -0.1) is 0 Å². The van der Waals surface area contributed by atoms with Crippen LogP contribution in [-0.2, 0) is 5.41 Å². The van der Waals surface area contributed by atoms with E-state index in [2.05, 4.69) is 32.9 Å². The van der Waals surface area contributed by atoms with Gasteiger partial charge in [0.1, 0.15) is 0 Å². The van der Waals surface area contributed by atoms with Crippen LogP contribution in [0.25, 0.3) is 5.57 Å². The molecule has 0 aliphatic heterocycles. The molecule has 0 saturated heterocycles. The third-order valence-electron chi connectivity index (χ3n) is 5.88. The molecular weight excluding hydrogens is 372 g/mol. The van der Waals surface area contributed by atoms with Crippen LogP contribution in [0.2, 0.25) is 0 Å². The van der Waals surface area contributed by atoms with Gasteiger partial charge >= 0.3 is 5.97 Å². The van der Waals surface area contributed by atoms with Gasteiger partial charge < -0.3 is 5.11 Å². The number of fused-ring (bicyclic) bond motifs is 1. The summed E-state index contributed by atoms with van der Waals surface area (Å²) in [5.74, 6) is -1.37. The van der Waals surface area contributed by atoms with Crippen LogP contribution in [0.5, 0.6) is 0 Å². The lowest BCUT2D eigenvalue weighted by Gasteiger charge is -2.35. The predicted octanol–water partition coefficient (Wildman–Crippen LogP) is 6.12. The van der Waals surface area contributed by atoms with Crippen molar-refractivity contribution in [2.45, 2.75) is 32.6 Å². The van der Waals surface area contributed by atoms with Crippen molar-refractivity contribution in [1.82, 2.24) is 0 Å². The number of carbonyl (C=O) groups excluding carboxylic acids is 1. The standard InChI is InChI=1S/C27H24O3/c1-17-16-27(2,3)23-14-13-19(15-22(23)24(17)18-9-5-4-6-10-18)25(28)20-11-7-8-12-21(20)26(29)30/h4-15H,16H2,1-3H3,(H,29,30). The second kappa shape index (κ2) is 7.42. The van der Waals surface area contributed by atoms with E-state index in [-0.39, 0.29) is 22.3 Å². The summed E-state index contributed by atoms with van der Waals surface area (Å²) in [5, 5.41) is 9.49. The van der Waals surface area contributed by atoms with Crippen molar-refractivity contribution >= 4 is 17.3 Å². The molecule has 30 heavy (non-hydrogen) atoms. The number of hydrogen-bond donors (Lipinski definition) is 1. The first kappa shape index (κ1) is 19.8. The number of carboxylic acids is 1. The highest BCUT2D eigenvalue weighted by molar-refractivity contribution is 6.14. The number of ketones is 1. The maximum absolute atomic E-state index is 13.3. The minimum Gasteiger partial charge on any atom is -0.478 e. The molecule has 0 heterocycles. The van der Waals surface area contributed by atoms with Crippen molar-refractivity contribution in [2.75, 3.05) is 0 Å². The molecule has 0 radical (unpaired) electrons. The fraction of sp³-hybridized carbons (Fsp3) is 0.185. The van der Waals surface area contributed by atoms with Gasteiger partial charge in [-0.25, -0.2) is 4.79 Å². The molecule has 3 nitrogen and oxygen atoms in total. The summed E-state index contributed by atoms with van der Waals surface area (Å²) in [6.45, 7) is 6.60. The van der Waals surface area contributed by atoms with Crippen LogP contribution in [0, 0.1) is 0 Å². The van der Waals surface area contributed by atoms with Crippen molar-refractivity contribution in [1.29, 1.82) is 0 Å². The second-order valence-corrected chi connectivity index (χ2v) is 8.52. The molecule has 0 unspecified atom stereocenters. The van der Waals surface area contributed by atoms with Crippen molar-refractivity contribution in [3.8, 4) is 0 Å². The first-order valence-corrected chi connectivity index (χ1v) is 10.1. The van der Waals surface area contributed by atoms with Gasteiger partial charge in [-0.2, -0.15) is 0 Å². The lowest BCUT2D eigenvalue weighted by Crippen LogP contribution is -2.24. The number of rotatable bonds is 4. The van der Waals surface area contributed by atoms with Crippen LogP contribution in [-0.4, -0.2) is 16.9 Å². The summed E-state index contributed by atoms with van der Waals surface area (Å²) in [4.78, 5) is 24.9. The normalized spacial score (nSPS) is 14.9. The van der Waals surface area contributed by atoms with Crippen LogP contribution in [0.3, 0.4) is 0 Å². The molecule has 150 valence electrons. The summed E-state index contributed by atoms with van der Waals surface area (Å²) in [5.41, 5.74) is 6.52. The highest BCUT2D eigenvalue weighted by Gasteiger charge is 2.32. The molecule has 0 saturated carbocycles. The number of benzene rings is 3.